The van der Waals surface area contributed by atoms with E-state index in [9.17, 15) is 0 Å². The van der Waals surface area contributed by atoms with Gasteiger partial charge < -0.3 is 4.52 Å². The molecule has 3 aromatic heterocycles. The quantitative estimate of drug-likeness (QED) is 0.715. The van der Waals surface area contributed by atoms with Crippen LogP contribution in [0.2, 0.25) is 0 Å². The average Bonchev–Trinajstić information content (AvgIpc) is 3.23. The van der Waals surface area contributed by atoms with Gasteiger partial charge in [-0.25, -0.2) is 4.39 Å². The second-order valence-corrected chi connectivity index (χ2v) is 6.85. The first kappa shape index (κ1) is 16.8. The fraction of sp³-hybridized carbons (Fsp3) is 0.444. The summed E-state index contributed by atoms with van der Waals surface area (Å²) < 4.78 is 22.7. The van der Waals surface area contributed by atoms with Gasteiger partial charge in [0.05, 0.1) is 5.69 Å². The topological polar surface area (TPSA) is 72.9 Å². The third kappa shape index (κ3) is 3.24. The molecular formula is C18H21FN6O. The van der Waals surface area contributed by atoms with E-state index in [1.54, 1.807) is 29.2 Å². The summed E-state index contributed by atoms with van der Waals surface area (Å²) in [5.41, 5.74) is 1.21. The Morgan fingerprint density at radius 1 is 1.31 bits per heavy atom. The average molecular weight is 356 g/mol. The second kappa shape index (κ2) is 6.60. The SMILES string of the molecule is Cc1nn(C)cc1CN1CCCC(F)(c2nc(-c3ccncc3)no2)C1. The van der Waals surface area contributed by atoms with Crippen LogP contribution < -0.4 is 0 Å². The molecule has 136 valence electrons. The zero-order valence-corrected chi connectivity index (χ0v) is 14.9. The van der Waals surface area contributed by atoms with Gasteiger partial charge in [0.1, 0.15) is 0 Å². The molecule has 0 N–H and O–H groups in total. The van der Waals surface area contributed by atoms with Gasteiger partial charge in [0.15, 0.2) is 0 Å². The molecule has 8 heteroatoms. The molecule has 1 unspecified atom stereocenters. The van der Waals surface area contributed by atoms with Gasteiger partial charge in [-0.3, -0.25) is 14.6 Å². The fourth-order valence-electron chi connectivity index (χ4n) is 3.47. The Balaban J connectivity index is 1.52. The van der Waals surface area contributed by atoms with Crippen LogP contribution >= 0.6 is 0 Å². The summed E-state index contributed by atoms with van der Waals surface area (Å²) in [6, 6.07) is 3.55. The molecule has 1 fully saturated rings. The lowest BCUT2D eigenvalue weighted by Gasteiger charge is -2.34. The van der Waals surface area contributed by atoms with Crippen LogP contribution in [-0.4, -0.2) is 42.9 Å². The highest BCUT2D eigenvalue weighted by atomic mass is 19.1. The molecule has 0 radical (unpaired) electrons. The van der Waals surface area contributed by atoms with Crippen molar-refractivity contribution in [1.29, 1.82) is 0 Å². The lowest BCUT2D eigenvalue weighted by atomic mass is 9.94. The van der Waals surface area contributed by atoms with E-state index in [4.69, 9.17) is 4.52 Å². The summed E-state index contributed by atoms with van der Waals surface area (Å²) in [4.78, 5) is 10.4. The van der Waals surface area contributed by atoms with Crippen LogP contribution in [0.15, 0.2) is 35.2 Å². The molecule has 7 nitrogen and oxygen atoms in total. The van der Waals surface area contributed by atoms with Crippen molar-refractivity contribution < 1.29 is 8.91 Å². The van der Waals surface area contributed by atoms with E-state index in [1.807, 2.05) is 20.2 Å². The van der Waals surface area contributed by atoms with Crippen LogP contribution in [0, 0.1) is 6.92 Å². The molecule has 3 aromatic rings. The number of aryl methyl sites for hydroxylation is 2. The fourth-order valence-corrected chi connectivity index (χ4v) is 3.47. The monoisotopic (exact) mass is 356 g/mol. The number of aromatic nitrogens is 5. The van der Waals surface area contributed by atoms with Gasteiger partial charge in [-0.15, -0.1) is 0 Å². The summed E-state index contributed by atoms with van der Waals surface area (Å²) >= 11 is 0. The first-order chi connectivity index (χ1) is 12.5. The minimum atomic E-state index is -1.63. The van der Waals surface area contributed by atoms with Crippen molar-refractivity contribution in [1.82, 2.24) is 29.8 Å². The van der Waals surface area contributed by atoms with Crippen LogP contribution in [0.4, 0.5) is 4.39 Å². The Bertz CT molecular complexity index is 892. The van der Waals surface area contributed by atoms with E-state index in [1.165, 1.54) is 0 Å². The normalized spacial score (nSPS) is 21.2. The molecule has 0 amide bonds. The Kier molecular flexibility index (Phi) is 4.28. The number of likely N-dealkylation sites (tertiary alicyclic amines) is 1. The molecule has 1 saturated heterocycles. The van der Waals surface area contributed by atoms with E-state index < -0.39 is 5.67 Å². The molecule has 4 rings (SSSR count). The highest BCUT2D eigenvalue weighted by molar-refractivity contribution is 5.52. The van der Waals surface area contributed by atoms with Gasteiger partial charge in [-0.05, 0) is 38.4 Å². The highest BCUT2D eigenvalue weighted by Crippen LogP contribution is 2.36. The molecular weight excluding hydrogens is 335 g/mol. The minimum Gasteiger partial charge on any atom is -0.335 e. The molecule has 4 heterocycles. The van der Waals surface area contributed by atoms with Gasteiger partial charge in [-0.1, -0.05) is 5.16 Å². The first-order valence-electron chi connectivity index (χ1n) is 8.68. The van der Waals surface area contributed by atoms with E-state index >= 15 is 4.39 Å². The maximum atomic E-state index is 15.6. The molecule has 0 aliphatic carbocycles. The number of nitrogens with zero attached hydrogens (tertiary/aromatic N) is 6. The number of rotatable bonds is 4. The third-order valence-electron chi connectivity index (χ3n) is 4.78. The standard InChI is InChI=1S/C18H21FN6O/c1-13-15(10-24(2)22-13)11-25-9-3-6-18(19,12-25)17-21-16(23-26-17)14-4-7-20-8-5-14/h4-5,7-8,10H,3,6,9,11-12H2,1-2H3. The summed E-state index contributed by atoms with van der Waals surface area (Å²) in [6.07, 6.45) is 6.40. The van der Waals surface area contributed by atoms with Crippen molar-refractivity contribution in [3.63, 3.8) is 0 Å². The number of piperidine rings is 1. The predicted octanol–water partition coefficient (Wildman–Crippen LogP) is 2.63. The van der Waals surface area contributed by atoms with Crippen molar-refractivity contribution in [3.05, 3.63) is 47.9 Å². The van der Waals surface area contributed by atoms with E-state index in [-0.39, 0.29) is 12.4 Å². The number of halogens is 1. The summed E-state index contributed by atoms with van der Waals surface area (Å²) in [5, 5.41) is 8.31. The molecule has 0 spiro atoms. The molecule has 0 saturated carbocycles. The van der Waals surface area contributed by atoms with Gasteiger partial charge in [0.25, 0.3) is 5.89 Å². The highest BCUT2D eigenvalue weighted by Gasteiger charge is 2.42. The van der Waals surface area contributed by atoms with Gasteiger partial charge >= 0.3 is 0 Å². The Hall–Kier alpha value is -2.61. The number of alkyl halides is 1. The van der Waals surface area contributed by atoms with Crippen molar-refractivity contribution >= 4 is 0 Å². The van der Waals surface area contributed by atoms with Gasteiger partial charge in [-0.2, -0.15) is 10.1 Å². The molecule has 26 heavy (non-hydrogen) atoms. The lowest BCUT2D eigenvalue weighted by Crippen LogP contribution is -2.43. The second-order valence-electron chi connectivity index (χ2n) is 6.85. The maximum absolute atomic E-state index is 15.6. The van der Waals surface area contributed by atoms with Gasteiger partial charge in [0.2, 0.25) is 11.5 Å². The third-order valence-corrected chi connectivity index (χ3v) is 4.78. The lowest BCUT2D eigenvalue weighted by molar-refractivity contribution is 0.0123. The first-order valence-corrected chi connectivity index (χ1v) is 8.68. The molecule has 1 aliphatic heterocycles. The Morgan fingerprint density at radius 3 is 2.85 bits per heavy atom. The van der Waals surface area contributed by atoms with E-state index in [2.05, 4.69) is 25.1 Å². The van der Waals surface area contributed by atoms with Crippen LogP contribution in [0.25, 0.3) is 11.4 Å². The van der Waals surface area contributed by atoms with Crippen LogP contribution in [-0.2, 0) is 19.3 Å². The summed E-state index contributed by atoms with van der Waals surface area (Å²) in [7, 11) is 1.89. The van der Waals surface area contributed by atoms with E-state index in [0.717, 1.165) is 29.8 Å². The summed E-state index contributed by atoms with van der Waals surface area (Å²) in [6.45, 7) is 3.71. The largest absolute Gasteiger partial charge is 0.335 e. The van der Waals surface area contributed by atoms with Crippen LogP contribution in [0.3, 0.4) is 0 Å². The van der Waals surface area contributed by atoms with Crippen molar-refractivity contribution in [2.24, 2.45) is 7.05 Å². The van der Waals surface area contributed by atoms with Crippen molar-refractivity contribution in [2.75, 3.05) is 13.1 Å². The molecule has 0 bridgehead atoms. The molecule has 0 aromatic carbocycles. The Morgan fingerprint density at radius 2 is 2.12 bits per heavy atom. The number of hydrogen-bond acceptors (Lipinski definition) is 6. The van der Waals surface area contributed by atoms with Crippen LogP contribution in [0.5, 0.6) is 0 Å². The predicted molar refractivity (Wildman–Crippen MR) is 92.8 cm³/mol. The molecule has 1 aliphatic rings. The van der Waals surface area contributed by atoms with Crippen molar-refractivity contribution in [3.8, 4) is 11.4 Å². The number of hydrogen-bond donors (Lipinski definition) is 0. The maximum Gasteiger partial charge on any atom is 0.265 e. The zero-order chi connectivity index (χ0) is 18.1. The van der Waals surface area contributed by atoms with E-state index in [0.29, 0.717) is 18.8 Å². The van der Waals surface area contributed by atoms with Crippen molar-refractivity contribution in [2.45, 2.75) is 32.0 Å². The summed E-state index contributed by atoms with van der Waals surface area (Å²) in [5.74, 6) is 0.441. The zero-order valence-electron chi connectivity index (χ0n) is 14.9. The minimum absolute atomic E-state index is 0.0527. The van der Waals surface area contributed by atoms with Crippen LogP contribution in [0.1, 0.15) is 30.0 Å². The number of pyridine rings is 1. The molecule has 1 atom stereocenters. The smallest absolute Gasteiger partial charge is 0.265 e. The van der Waals surface area contributed by atoms with Gasteiger partial charge in [0, 0.05) is 49.9 Å². The Labute approximate surface area is 150 Å².